The van der Waals surface area contributed by atoms with Crippen LogP contribution in [0.25, 0.3) is 0 Å². The quantitative estimate of drug-likeness (QED) is 0.845. The molecule has 0 aromatic carbocycles. The van der Waals surface area contributed by atoms with E-state index in [1.54, 1.807) is 0 Å². The van der Waals surface area contributed by atoms with Crippen LogP contribution < -0.4 is 5.32 Å². The Morgan fingerprint density at radius 2 is 1.84 bits per heavy atom. The van der Waals surface area contributed by atoms with Crippen molar-refractivity contribution < 1.29 is 9.59 Å². The van der Waals surface area contributed by atoms with Gasteiger partial charge in [0.25, 0.3) is 0 Å². The van der Waals surface area contributed by atoms with Crippen LogP contribution >= 0.6 is 0 Å². The van der Waals surface area contributed by atoms with Gasteiger partial charge in [0.1, 0.15) is 5.54 Å². The first kappa shape index (κ1) is 12.9. The van der Waals surface area contributed by atoms with Gasteiger partial charge in [-0.3, -0.25) is 9.59 Å². The van der Waals surface area contributed by atoms with Crippen LogP contribution in [-0.4, -0.2) is 35.3 Å². The topological polar surface area (TPSA) is 49.4 Å². The molecule has 2 amide bonds. The summed E-state index contributed by atoms with van der Waals surface area (Å²) in [6.07, 6.45) is 7.85. The van der Waals surface area contributed by atoms with E-state index in [1.165, 1.54) is 12.8 Å². The Kier molecular flexibility index (Phi) is 3.06. The van der Waals surface area contributed by atoms with Gasteiger partial charge in [-0.05, 0) is 37.5 Å². The summed E-state index contributed by atoms with van der Waals surface area (Å²) in [6, 6.07) is 0. The minimum atomic E-state index is -0.558. The fourth-order valence-electron chi connectivity index (χ4n) is 3.70. The average molecular weight is 264 g/mol. The summed E-state index contributed by atoms with van der Waals surface area (Å²) in [5.41, 5.74) is -0.194. The van der Waals surface area contributed by atoms with Gasteiger partial charge in [0.2, 0.25) is 11.8 Å². The number of carbonyl (C=O) groups excluding carboxylic acids is 2. The van der Waals surface area contributed by atoms with Gasteiger partial charge in [-0.1, -0.05) is 19.8 Å². The highest BCUT2D eigenvalue weighted by atomic mass is 16.2. The van der Waals surface area contributed by atoms with Crippen molar-refractivity contribution in [1.82, 2.24) is 10.2 Å². The van der Waals surface area contributed by atoms with Gasteiger partial charge in [0.05, 0.1) is 0 Å². The van der Waals surface area contributed by atoms with Gasteiger partial charge in [0, 0.05) is 19.5 Å². The smallest absolute Gasteiger partial charge is 0.248 e. The number of carbonyl (C=O) groups is 2. The van der Waals surface area contributed by atoms with E-state index in [1.807, 2.05) is 4.90 Å². The molecule has 2 saturated carbocycles. The number of nitrogens with one attached hydrogen (secondary N) is 1. The molecule has 4 heteroatoms. The lowest BCUT2D eigenvalue weighted by Gasteiger charge is -2.33. The highest BCUT2D eigenvalue weighted by Crippen LogP contribution is 2.49. The van der Waals surface area contributed by atoms with E-state index in [0.717, 1.165) is 38.6 Å². The summed E-state index contributed by atoms with van der Waals surface area (Å²) in [5.74, 6) is 0.245. The van der Waals surface area contributed by atoms with Crippen molar-refractivity contribution in [3.05, 3.63) is 0 Å². The van der Waals surface area contributed by atoms with Crippen molar-refractivity contribution in [2.75, 3.05) is 13.1 Å². The zero-order chi connectivity index (χ0) is 13.5. The van der Waals surface area contributed by atoms with Crippen LogP contribution in [0.15, 0.2) is 0 Å². The molecule has 0 atom stereocenters. The second kappa shape index (κ2) is 4.50. The third-order valence-electron chi connectivity index (χ3n) is 5.37. The summed E-state index contributed by atoms with van der Waals surface area (Å²) in [5, 5.41) is 3.03. The number of hydrogen-bond donors (Lipinski definition) is 1. The second-order valence-electron chi connectivity index (χ2n) is 6.67. The molecule has 1 spiro atoms. The van der Waals surface area contributed by atoms with Crippen LogP contribution in [0.4, 0.5) is 0 Å². The minimum absolute atomic E-state index is 0.0547. The third kappa shape index (κ3) is 2.26. The number of rotatable bonds is 3. The molecule has 0 radical (unpaired) electrons. The largest absolute Gasteiger partial charge is 0.342 e. The Labute approximate surface area is 114 Å². The fraction of sp³-hybridized carbons (Fsp3) is 0.867. The van der Waals surface area contributed by atoms with Gasteiger partial charge in [0.15, 0.2) is 0 Å². The Hall–Kier alpha value is -1.06. The lowest BCUT2D eigenvalue weighted by molar-refractivity contribution is -0.139. The highest BCUT2D eigenvalue weighted by molar-refractivity contribution is 5.93. The molecule has 3 rings (SSSR count). The molecule has 1 N–H and O–H groups in total. The summed E-state index contributed by atoms with van der Waals surface area (Å²) < 4.78 is 0. The Bertz CT molecular complexity index is 395. The van der Waals surface area contributed by atoms with Crippen molar-refractivity contribution in [1.29, 1.82) is 0 Å². The first-order valence-electron chi connectivity index (χ1n) is 7.70. The van der Waals surface area contributed by atoms with Crippen LogP contribution in [0.3, 0.4) is 0 Å². The zero-order valence-electron chi connectivity index (χ0n) is 11.8. The van der Waals surface area contributed by atoms with Crippen LogP contribution in [0.5, 0.6) is 0 Å². The molecular formula is C15H24N2O2. The van der Waals surface area contributed by atoms with E-state index < -0.39 is 5.54 Å². The molecule has 0 aromatic heterocycles. The molecule has 0 unspecified atom stereocenters. The Morgan fingerprint density at radius 1 is 1.16 bits per heavy atom. The van der Waals surface area contributed by atoms with Crippen LogP contribution in [-0.2, 0) is 9.59 Å². The summed E-state index contributed by atoms with van der Waals surface area (Å²) in [4.78, 5) is 26.7. The molecule has 1 heterocycles. The first-order chi connectivity index (χ1) is 9.09. The molecule has 3 aliphatic rings. The predicted molar refractivity (Wildman–Crippen MR) is 72.5 cm³/mol. The van der Waals surface area contributed by atoms with E-state index in [0.29, 0.717) is 18.4 Å². The molecule has 2 aliphatic carbocycles. The minimum Gasteiger partial charge on any atom is -0.342 e. The van der Waals surface area contributed by atoms with Crippen molar-refractivity contribution >= 4 is 11.8 Å². The van der Waals surface area contributed by atoms with Crippen molar-refractivity contribution in [2.24, 2.45) is 5.41 Å². The maximum Gasteiger partial charge on any atom is 0.248 e. The second-order valence-corrected chi connectivity index (χ2v) is 6.67. The van der Waals surface area contributed by atoms with Crippen LogP contribution in [0.1, 0.15) is 58.3 Å². The van der Waals surface area contributed by atoms with Crippen LogP contribution in [0.2, 0.25) is 0 Å². The van der Waals surface area contributed by atoms with Crippen LogP contribution in [0, 0.1) is 5.41 Å². The molecule has 1 aliphatic heterocycles. The summed E-state index contributed by atoms with van der Waals surface area (Å²) >= 11 is 0. The zero-order valence-corrected chi connectivity index (χ0v) is 11.8. The number of hydrogen-bond acceptors (Lipinski definition) is 2. The van der Waals surface area contributed by atoms with E-state index in [9.17, 15) is 9.59 Å². The standard InChI is InChI=1S/C15H24N2O2/c1-2-14(8-9-14)11-17-10-5-12(18)16-15(13(17)19)6-3-4-7-15/h2-11H2,1H3,(H,16,18). The molecular weight excluding hydrogens is 240 g/mol. The molecule has 4 nitrogen and oxygen atoms in total. The maximum atomic E-state index is 12.8. The molecule has 106 valence electrons. The first-order valence-corrected chi connectivity index (χ1v) is 7.70. The van der Waals surface area contributed by atoms with Gasteiger partial charge in [-0.25, -0.2) is 0 Å². The van der Waals surface area contributed by atoms with E-state index in [4.69, 9.17) is 0 Å². The Balaban J connectivity index is 1.79. The normalized spacial score (nSPS) is 28.4. The predicted octanol–water partition coefficient (Wildman–Crippen LogP) is 1.84. The number of amides is 2. The molecule has 0 bridgehead atoms. The lowest BCUT2D eigenvalue weighted by atomic mass is 9.94. The van der Waals surface area contributed by atoms with Gasteiger partial charge >= 0.3 is 0 Å². The van der Waals surface area contributed by atoms with Crippen molar-refractivity contribution in [3.8, 4) is 0 Å². The van der Waals surface area contributed by atoms with E-state index in [2.05, 4.69) is 12.2 Å². The molecule has 3 fully saturated rings. The summed E-state index contributed by atoms with van der Waals surface area (Å²) in [7, 11) is 0. The monoisotopic (exact) mass is 264 g/mol. The highest BCUT2D eigenvalue weighted by Gasteiger charge is 2.49. The van der Waals surface area contributed by atoms with Gasteiger partial charge in [-0.2, -0.15) is 0 Å². The van der Waals surface area contributed by atoms with Crippen molar-refractivity contribution in [2.45, 2.75) is 63.8 Å². The molecule has 0 aromatic rings. The maximum absolute atomic E-state index is 12.8. The average Bonchev–Trinajstić information content (AvgIpc) is 3.05. The van der Waals surface area contributed by atoms with Gasteiger partial charge in [-0.15, -0.1) is 0 Å². The van der Waals surface area contributed by atoms with E-state index in [-0.39, 0.29) is 11.8 Å². The Morgan fingerprint density at radius 3 is 2.42 bits per heavy atom. The fourth-order valence-corrected chi connectivity index (χ4v) is 3.70. The van der Waals surface area contributed by atoms with Gasteiger partial charge < -0.3 is 10.2 Å². The lowest BCUT2D eigenvalue weighted by Crippen LogP contribution is -2.56. The SMILES string of the molecule is CCC1(CN2CCC(=O)NC3(CCCC3)C2=O)CC1. The van der Waals surface area contributed by atoms with E-state index >= 15 is 0 Å². The number of nitrogens with zero attached hydrogens (tertiary/aromatic N) is 1. The van der Waals surface area contributed by atoms with Crippen molar-refractivity contribution in [3.63, 3.8) is 0 Å². The molecule has 1 saturated heterocycles. The summed E-state index contributed by atoms with van der Waals surface area (Å²) in [6.45, 7) is 3.68. The third-order valence-corrected chi connectivity index (χ3v) is 5.37. The molecule has 19 heavy (non-hydrogen) atoms.